The lowest BCUT2D eigenvalue weighted by atomic mass is 10.0. The van der Waals surface area contributed by atoms with E-state index >= 15 is 0 Å². The van der Waals surface area contributed by atoms with Crippen molar-refractivity contribution in [1.29, 1.82) is 0 Å². The number of halogens is 1. The molecule has 0 aliphatic rings. The molecule has 0 aliphatic heterocycles. The monoisotopic (exact) mass is 333 g/mol. The van der Waals surface area contributed by atoms with Crippen LogP contribution in [0.2, 0.25) is 0 Å². The van der Waals surface area contributed by atoms with Crippen LogP contribution in [0.4, 0.5) is 0 Å². The molecule has 3 rings (SSSR count). The molecule has 2 N–H and O–H groups in total. The zero-order valence-corrected chi connectivity index (χ0v) is 13.2. The summed E-state index contributed by atoms with van der Waals surface area (Å²) in [4.78, 5) is 0. The molecular formula is C16H16BrNO2. The topological polar surface area (TPSA) is 52.3 Å². The van der Waals surface area contributed by atoms with Gasteiger partial charge in [0, 0.05) is 21.0 Å². The van der Waals surface area contributed by atoms with Crippen molar-refractivity contribution in [3.8, 4) is 0 Å². The molecule has 0 saturated carbocycles. The van der Waals surface area contributed by atoms with Crippen LogP contribution in [0.3, 0.4) is 0 Å². The summed E-state index contributed by atoms with van der Waals surface area (Å²) < 4.78 is 12.5. The van der Waals surface area contributed by atoms with Crippen LogP contribution in [-0.2, 0) is 0 Å². The molecule has 20 heavy (non-hydrogen) atoms. The first kappa shape index (κ1) is 13.5. The molecule has 0 amide bonds. The summed E-state index contributed by atoms with van der Waals surface area (Å²) in [5, 5.41) is 1.09. The number of benzene rings is 1. The molecule has 0 saturated heterocycles. The summed E-state index contributed by atoms with van der Waals surface area (Å²) in [6.07, 6.45) is 0. The molecule has 0 fully saturated rings. The molecule has 2 heterocycles. The molecule has 0 spiro atoms. The Morgan fingerprint density at radius 1 is 1.10 bits per heavy atom. The van der Waals surface area contributed by atoms with E-state index < -0.39 is 0 Å². The van der Waals surface area contributed by atoms with Crippen molar-refractivity contribution in [3.05, 3.63) is 57.1 Å². The maximum atomic E-state index is 6.37. The van der Waals surface area contributed by atoms with Crippen LogP contribution in [0.1, 0.15) is 34.4 Å². The van der Waals surface area contributed by atoms with Crippen molar-refractivity contribution in [1.82, 2.24) is 0 Å². The second-order valence-electron chi connectivity index (χ2n) is 5.08. The third-order valence-electron chi connectivity index (χ3n) is 3.63. The number of rotatable bonds is 2. The first-order valence-corrected chi connectivity index (χ1v) is 7.27. The van der Waals surface area contributed by atoms with Gasteiger partial charge in [0.2, 0.25) is 0 Å². The number of fused-ring (bicyclic) bond motifs is 1. The molecule has 1 atom stereocenters. The van der Waals surface area contributed by atoms with Crippen LogP contribution >= 0.6 is 15.9 Å². The lowest BCUT2D eigenvalue weighted by Crippen LogP contribution is -2.12. The van der Waals surface area contributed by atoms with Gasteiger partial charge in [-0.25, -0.2) is 0 Å². The molecular weight excluding hydrogens is 318 g/mol. The van der Waals surface area contributed by atoms with E-state index in [1.165, 1.54) is 0 Å². The highest BCUT2D eigenvalue weighted by Crippen LogP contribution is 2.34. The Balaban J connectivity index is 2.14. The summed E-state index contributed by atoms with van der Waals surface area (Å²) >= 11 is 3.48. The summed E-state index contributed by atoms with van der Waals surface area (Å²) in [7, 11) is 0. The lowest BCUT2D eigenvalue weighted by molar-refractivity contribution is 0.488. The van der Waals surface area contributed by atoms with Gasteiger partial charge in [-0.15, -0.1) is 0 Å². The van der Waals surface area contributed by atoms with Gasteiger partial charge in [0.25, 0.3) is 0 Å². The normalized spacial score (nSPS) is 13.1. The van der Waals surface area contributed by atoms with Crippen molar-refractivity contribution in [3.63, 3.8) is 0 Å². The highest BCUT2D eigenvalue weighted by atomic mass is 79.9. The Morgan fingerprint density at radius 3 is 2.50 bits per heavy atom. The molecule has 104 valence electrons. The first-order valence-electron chi connectivity index (χ1n) is 6.48. The van der Waals surface area contributed by atoms with Crippen LogP contribution in [0.25, 0.3) is 11.0 Å². The fourth-order valence-corrected chi connectivity index (χ4v) is 2.97. The average molecular weight is 334 g/mol. The van der Waals surface area contributed by atoms with Gasteiger partial charge in [-0.2, -0.15) is 0 Å². The average Bonchev–Trinajstić information content (AvgIpc) is 2.90. The maximum Gasteiger partial charge on any atom is 0.134 e. The highest BCUT2D eigenvalue weighted by Gasteiger charge is 2.22. The van der Waals surface area contributed by atoms with Gasteiger partial charge >= 0.3 is 0 Å². The van der Waals surface area contributed by atoms with Gasteiger partial charge < -0.3 is 14.6 Å². The molecule has 0 bridgehead atoms. The standard InChI is InChI=1S/C16H16BrNO2/c1-8-6-13(10(3)19-8)15(18)16-9(2)12-7-11(17)4-5-14(12)20-16/h4-7,15H,18H2,1-3H3. The van der Waals surface area contributed by atoms with E-state index in [9.17, 15) is 0 Å². The fourth-order valence-electron chi connectivity index (χ4n) is 2.61. The van der Waals surface area contributed by atoms with Crippen molar-refractivity contribution in [2.45, 2.75) is 26.8 Å². The second-order valence-corrected chi connectivity index (χ2v) is 5.99. The summed E-state index contributed by atoms with van der Waals surface area (Å²) in [6.45, 7) is 5.89. The summed E-state index contributed by atoms with van der Waals surface area (Å²) in [5.74, 6) is 2.50. The van der Waals surface area contributed by atoms with Gasteiger partial charge in [-0.3, -0.25) is 0 Å². The zero-order chi connectivity index (χ0) is 14.4. The molecule has 2 aromatic heterocycles. The summed E-state index contributed by atoms with van der Waals surface area (Å²) in [5.41, 5.74) is 9.27. The Kier molecular flexibility index (Phi) is 3.22. The number of hydrogen-bond donors (Lipinski definition) is 1. The van der Waals surface area contributed by atoms with Gasteiger partial charge in [-0.05, 0) is 45.0 Å². The predicted octanol–water partition coefficient (Wildman–Crippen LogP) is 4.76. The Morgan fingerprint density at radius 2 is 1.85 bits per heavy atom. The van der Waals surface area contributed by atoms with Crippen LogP contribution in [-0.4, -0.2) is 0 Å². The van der Waals surface area contributed by atoms with Gasteiger partial charge in [-0.1, -0.05) is 15.9 Å². The van der Waals surface area contributed by atoms with Gasteiger partial charge in [0.15, 0.2) is 0 Å². The van der Waals surface area contributed by atoms with Gasteiger partial charge in [0.05, 0.1) is 6.04 Å². The van der Waals surface area contributed by atoms with Crippen molar-refractivity contribution < 1.29 is 8.83 Å². The van der Waals surface area contributed by atoms with E-state index in [0.29, 0.717) is 0 Å². The Bertz CT molecular complexity index is 785. The maximum absolute atomic E-state index is 6.37. The number of nitrogens with two attached hydrogens (primary N) is 1. The number of aryl methyl sites for hydroxylation is 3. The molecule has 3 aromatic rings. The van der Waals surface area contributed by atoms with Gasteiger partial charge in [0.1, 0.15) is 22.9 Å². The van der Waals surface area contributed by atoms with Crippen LogP contribution in [0, 0.1) is 20.8 Å². The highest BCUT2D eigenvalue weighted by molar-refractivity contribution is 9.10. The molecule has 1 unspecified atom stereocenters. The van der Waals surface area contributed by atoms with Crippen molar-refractivity contribution in [2.75, 3.05) is 0 Å². The Hall–Kier alpha value is -1.52. The van der Waals surface area contributed by atoms with E-state index in [0.717, 1.165) is 43.8 Å². The van der Waals surface area contributed by atoms with Crippen LogP contribution in [0.15, 0.2) is 37.6 Å². The van der Waals surface area contributed by atoms with E-state index in [4.69, 9.17) is 14.6 Å². The Labute approximate surface area is 125 Å². The largest absolute Gasteiger partial charge is 0.466 e. The molecule has 0 radical (unpaired) electrons. The minimum absolute atomic E-state index is 0.307. The minimum atomic E-state index is -0.307. The quantitative estimate of drug-likeness (QED) is 0.735. The zero-order valence-electron chi connectivity index (χ0n) is 11.7. The SMILES string of the molecule is Cc1cc(C(N)c2oc3ccc(Br)cc3c2C)c(C)o1. The number of hydrogen-bond acceptors (Lipinski definition) is 3. The van der Waals surface area contributed by atoms with E-state index in [2.05, 4.69) is 22.0 Å². The number of furan rings is 2. The van der Waals surface area contributed by atoms with E-state index in [1.807, 2.05) is 39.0 Å². The van der Waals surface area contributed by atoms with Crippen molar-refractivity contribution >= 4 is 26.9 Å². The van der Waals surface area contributed by atoms with Crippen LogP contribution < -0.4 is 5.73 Å². The molecule has 4 heteroatoms. The third-order valence-corrected chi connectivity index (χ3v) is 4.13. The summed E-state index contributed by atoms with van der Waals surface area (Å²) in [6, 6.07) is 7.64. The first-order chi connectivity index (χ1) is 9.47. The van der Waals surface area contributed by atoms with E-state index in [1.54, 1.807) is 0 Å². The fraction of sp³-hybridized carbons (Fsp3) is 0.250. The molecule has 1 aromatic carbocycles. The smallest absolute Gasteiger partial charge is 0.134 e. The third kappa shape index (κ3) is 2.09. The minimum Gasteiger partial charge on any atom is -0.466 e. The lowest BCUT2D eigenvalue weighted by Gasteiger charge is -2.08. The predicted molar refractivity (Wildman–Crippen MR) is 82.9 cm³/mol. The molecule has 0 aliphatic carbocycles. The van der Waals surface area contributed by atoms with Crippen molar-refractivity contribution in [2.24, 2.45) is 5.73 Å². The molecule has 3 nitrogen and oxygen atoms in total. The van der Waals surface area contributed by atoms with E-state index in [-0.39, 0.29) is 6.04 Å². The second kappa shape index (κ2) is 4.79. The van der Waals surface area contributed by atoms with Crippen LogP contribution in [0.5, 0.6) is 0 Å².